The van der Waals surface area contributed by atoms with Crippen LogP contribution in [0.1, 0.15) is 34.5 Å². The zero-order valence-electron chi connectivity index (χ0n) is 13.9. The second kappa shape index (κ2) is 6.75. The highest BCUT2D eigenvalue weighted by atomic mass is 19.4. The van der Waals surface area contributed by atoms with Crippen LogP contribution in [0.3, 0.4) is 0 Å². The van der Waals surface area contributed by atoms with Gasteiger partial charge in [0.1, 0.15) is 5.82 Å². The van der Waals surface area contributed by atoms with Gasteiger partial charge in [0.05, 0.1) is 22.9 Å². The number of hydrogen-bond acceptors (Lipinski definition) is 2. The van der Waals surface area contributed by atoms with Crippen molar-refractivity contribution in [3.05, 3.63) is 46.9 Å². The summed E-state index contributed by atoms with van der Waals surface area (Å²) in [5, 5.41) is 9.35. The summed E-state index contributed by atoms with van der Waals surface area (Å²) in [7, 11) is 0. The summed E-state index contributed by atoms with van der Waals surface area (Å²) in [6.45, 7) is 2.38. The number of carbonyl (C=O) groups is 1. The van der Waals surface area contributed by atoms with Crippen molar-refractivity contribution in [3.8, 4) is 11.3 Å². The topological polar surface area (TPSA) is 51.5 Å². The molecule has 1 fully saturated rings. The highest BCUT2D eigenvalue weighted by molar-refractivity contribution is 5.91. The van der Waals surface area contributed by atoms with Crippen LogP contribution in [0.25, 0.3) is 11.3 Å². The summed E-state index contributed by atoms with van der Waals surface area (Å²) in [6, 6.07) is 3.33. The molecule has 0 radical (unpaired) electrons. The maximum atomic E-state index is 14.3. The standard InChI is InChI=1S/C18H17F4NO3/c1-10-13(17(24)25)8-16(23(10)9-12-3-2-6-26-12)14-7-11(18(20,21)22)4-5-15(14)19/h4-5,7-8,12H,2-3,6,9H2,1H3,(H,24,25)/t12-/m1/s1. The maximum absolute atomic E-state index is 14.3. The molecule has 2 aromatic rings. The Morgan fingerprint density at radius 2 is 2.08 bits per heavy atom. The van der Waals surface area contributed by atoms with Crippen LogP contribution in [0.15, 0.2) is 24.3 Å². The maximum Gasteiger partial charge on any atom is 0.416 e. The summed E-state index contributed by atoms with van der Waals surface area (Å²) in [6.07, 6.45) is -3.21. The molecule has 0 spiro atoms. The number of aromatic carboxylic acids is 1. The van der Waals surface area contributed by atoms with Crippen molar-refractivity contribution in [2.24, 2.45) is 0 Å². The highest BCUT2D eigenvalue weighted by Gasteiger charge is 2.32. The quantitative estimate of drug-likeness (QED) is 0.806. The van der Waals surface area contributed by atoms with Gasteiger partial charge in [-0.2, -0.15) is 13.2 Å². The van der Waals surface area contributed by atoms with Crippen LogP contribution in [-0.4, -0.2) is 28.4 Å². The Hall–Kier alpha value is -2.35. The van der Waals surface area contributed by atoms with E-state index >= 15 is 0 Å². The van der Waals surface area contributed by atoms with Crippen molar-refractivity contribution >= 4 is 5.97 Å². The van der Waals surface area contributed by atoms with Gasteiger partial charge in [0.15, 0.2) is 0 Å². The van der Waals surface area contributed by atoms with Crippen molar-refractivity contribution in [2.75, 3.05) is 6.61 Å². The Bertz CT molecular complexity index is 836. The number of benzene rings is 1. The molecule has 140 valence electrons. The van der Waals surface area contributed by atoms with Gasteiger partial charge in [0.25, 0.3) is 0 Å². The van der Waals surface area contributed by atoms with Crippen LogP contribution in [-0.2, 0) is 17.5 Å². The van der Waals surface area contributed by atoms with Crippen LogP contribution in [0.2, 0.25) is 0 Å². The fourth-order valence-electron chi connectivity index (χ4n) is 3.21. The van der Waals surface area contributed by atoms with E-state index in [0.717, 1.165) is 18.9 Å². The zero-order valence-corrected chi connectivity index (χ0v) is 13.9. The molecule has 1 aliphatic rings. The molecule has 1 aromatic heterocycles. The molecule has 0 bridgehead atoms. The molecule has 1 aromatic carbocycles. The van der Waals surface area contributed by atoms with Crippen LogP contribution in [0.5, 0.6) is 0 Å². The monoisotopic (exact) mass is 371 g/mol. The third kappa shape index (κ3) is 3.46. The van der Waals surface area contributed by atoms with Crippen molar-refractivity contribution < 1.29 is 32.2 Å². The molecule has 3 rings (SSSR count). The van der Waals surface area contributed by atoms with E-state index in [9.17, 15) is 27.5 Å². The second-order valence-electron chi connectivity index (χ2n) is 6.27. The van der Waals surface area contributed by atoms with Gasteiger partial charge in [-0.15, -0.1) is 0 Å². The van der Waals surface area contributed by atoms with Gasteiger partial charge in [0.2, 0.25) is 0 Å². The average molecular weight is 371 g/mol. The van der Waals surface area contributed by atoms with Crippen LogP contribution < -0.4 is 0 Å². The van der Waals surface area contributed by atoms with Crippen LogP contribution in [0.4, 0.5) is 17.6 Å². The predicted molar refractivity (Wildman–Crippen MR) is 85.5 cm³/mol. The van der Waals surface area contributed by atoms with Crippen LogP contribution in [0, 0.1) is 12.7 Å². The second-order valence-corrected chi connectivity index (χ2v) is 6.27. The van der Waals surface area contributed by atoms with Crippen molar-refractivity contribution in [1.29, 1.82) is 0 Å². The lowest BCUT2D eigenvalue weighted by Gasteiger charge is -2.17. The van der Waals surface area contributed by atoms with Gasteiger partial charge in [-0.25, -0.2) is 9.18 Å². The zero-order chi connectivity index (χ0) is 19.1. The third-order valence-electron chi connectivity index (χ3n) is 4.58. The van der Waals surface area contributed by atoms with E-state index < -0.39 is 23.5 Å². The minimum Gasteiger partial charge on any atom is -0.478 e. The van der Waals surface area contributed by atoms with E-state index in [2.05, 4.69) is 0 Å². The average Bonchev–Trinajstić information content (AvgIpc) is 3.16. The molecule has 4 nitrogen and oxygen atoms in total. The SMILES string of the molecule is Cc1c(C(=O)O)cc(-c2cc(C(F)(F)F)ccc2F)n1C[C@H]1CCCO1. The molecular weight excluding hydrogens is 354 g/mol. The number of carboxylic acid groups (broad SMARTS) is 1. The fourth-order valence-corrected chi connectivity index (χ4v) is 3.21. The normalized spacial score (nSPS) is 17.7. The molecule has 0 amide bonds. The van der Waals surface area contributed by atoms with E-state index in [1.54, 1.807) is 6.92 Å². The lowest BCUT2D eigenvalue weighted by molar-refractivity contribution is -0.137. The molecule has 26 heavy (non-hydrogen) atoms. The Kier molecular flexibility index (Phi) is 4.79. The minimum absolute atomic E-state index is 0.0743. The summed E-state index contributed by atoms with van der Waals surface area (Å²) < 4.78 is 60.4. The lowest BCUT2D eigenvalue weighted by atomic mass is 10.1. The highest BCUT2D eigenvalue weighted by Crippen LogP contribution is 2.35. The largest absolute Gasteiger partial charge is 0.478 e. The number of hydrogen-bond donors (Lipinski definition) is 1. The molecule has 2 heterocycles. The summed E-state index contributed by atoms with van der Waals surface area (Å²) >= 11 is 0. The summed E-state index contributed by atoms with van der Waals surface area (Å²) in [4.78, 5) is 11.4. The van der Waals surface area contributed by atoms with Crippen molar-refractivity contribution in [2.45, 2.75) is 38.6 Å². The number of ether oxygens (including phenoxy) is 1. The smallest absolute Gasteiger partial charge is 0.416 e. The number of halogens is 4. The predicted octanol–water partition coefficient (Wildman–Crippen LogP) is 4.50. The number of aromatic nitrogens is 1. The first-order valence-electron chi connectivity index (χ1n) is 8.10. The molecule has 1 saturated heterocycles. The van der Waals surface area contributed by atoms with Gasteiger partial charge in [-0.05, 0) is 44.0 Å². The molecule has 0 aliphatic carbocycles. The van der Waals surface area contributed by atoms with Crippen molar-refractivity contribution in [1.82, 2.24) is 4.57 Å². The Labute approximate surface area is 147 Å². The Balaban J connectivity index is 2.14. The number of carboxylic acids is 1. The van der Waals surface area contributed by atoms with Gasteiger partial charge >= 0.3 is 12.1 Å². The van der Waals surface area contributed by atoms with Gasteiger partial charge in [-0.3, -0.25) is 0 Å². The van der Waals surface area contributed by atoms with E-state index in [0.29, 0.717) is 24.4 Å². The number of alkyl halides is 3. The minimum atomic E-state index is -4.63. The summed E-state index contributed by atoms with van der Waals surface area (Å²) in [5.74, 6) is -2.07. The molecule has 1 atom stereocenters. The summed E-state index contributed by atoms with van der Waals surface area (Å²) in [5.41, 5.74) is -0.907. The number of nitrogens with zero attached hydrogens (tertiary/aromatic N) is 1. The first-order valence-corrected chi connectivity index (χ1v) is 8.10. The molecule has 0 unspecified atom stereocenters. The van der Waals surface area contributed by atoms with Crippen LogP contribution >= 0.6 is 0 Å². The van der Waals surface area contributed by atoms with Gasteiger partial charge in [-0.1, -0.05) is 0 Å². The van der Waals surface area contributed by atoms with E-state index in [1.807, 2.05) is 0 Å². The fraction of sp³-hybridized carbons (Fsp3) is 0.389. The van der Waals surface area contributed by atoms with Gasteiger partial charge < -0.3 is 14.4 Å². The third-order valence-corrected chi connectivity index (χ3v) is 4.58. The van der Waals surface area contributed by atoms with E-state index in [1.165, 1.54) is 10.6 Å². The first kappa shape index (κ1) is 18.4. The van der Waals surface area contributed by atoms with Gasteiger partial charge in [0, 0.05) is 24.4 Å². The Morgan fingerprint density at radius 3 is 2.65 bits per heavy atom. The molecule has 1 N–H and O–H groups in total. The Morgan fingerprint density at radius 1 is 1.35 bits per heavy atom. The van der Waals surface area contributed by atoms with E-state index in [-0.39, 0.29) is 29.5 Å². The van der Waals surface area contributed by atoms with Crippen molar-refractivity contribution in [3.63, 3.8) is 0 Å². The molecule has 8 heteroatoms. The molecule has 0 saturated carbocycles. The lowest BCUT2D eigenvalue weighted by Crippen LogP contribution is -2.17. The molecular formula is C18H17F4NO3. The molecule has 1 aliphatic heterocycles. The first-order chi connectivity index (χ1) is 12.2. The van der Waals surface area contributed by atoms with E-state index in [4.69, 9.17) is 4.74 Å². The number of rotatable bonds is 4.